The first-order chi connectivity index (χ1) is 8.73. The lowest BCUT2D eigenvalue weighted by atomic mass is 9.97. The molecule has 1 fully saturated rings. The van der Waals surface area contributed by atoms with E-state index in [0.29, 0.717) is 6.07 Å². The average Bonchev–Trinajstić information content (AvgIpc) is 2.29. The van der Waals surface area contributed by atoms with E-state index in [2.05, 4.69) is 5.32 Å². The Morgan fingerprint density at radius 1 is 1.32 bits per heavy atom. The summed E-state index contributed by atoms with van der Waals surface area (Å²) in [5.74, 6) is -2.85. The molecule has 0 radical (unpaired) electrons. The lowest BCUT2D eigenvalue weighted by Gasteiger charge is -2.42. The standard InChI is InChI=1S/C12H13F2N3O2/c1-12(2)11(19)16-9(18)5-17(12)8-4-6(13)3-7(14)10(8)15/h3-4H,5,15H2,1-2H3,(H,16,18,19). The molecule has 19 heavy (non-hydrogen) atoms. The Labute approximate surface area is 108 Å². The maximum atomic E-state index is 13.5. The number of nitrogen functional groups attached to an aromatic ring is 1. The molecule has 0 bridgehead atoms. The lowest BCUT2D eigenvalue weighted by molar-refractivity contribution is -0.135. The molecule has 2 rings (SSSR count). The first-order valence-corrected chi connectivity index (χ1v) is 5.60. The Hall–Kier alpha value is -2.18. The topological polar surface area (TPSA) is 75.4 Å². The van der Waals surface area contributed by atoms with Crippen LogP contribution in [-0.2, 0) is 9.59 Å². The maximum Gasteiger partial charge on any atom is 0.251 e. The van der Waals surface area contributed by atoms with E-state index in [1.807, 2.05) is 0 Å². The third-order valence-electron chi connectivity index (χ3n) is 3.15. The molecule has 0 spiro atoms. The van der Waals surface area contributed by atoms with E-state index in [-0.39, 0.29) is 17.9 Å². The molecular formula is C12H13F2N3O2. The summed E-state index contributed by atoms with van der Waals surface area (Å²) in [7, 11) is 0. The molecular weight excluding hydrogens is 256 g/mol. The van der Waals surface area contributed by atoms with E-state index in [1.54, 1.807) is 0 Å². The number of hydrogen-bond acceptors (Lipinski definition) is 4. The molecule has 2 amide bonds. The number of amides is 2. The highest BCUT2D eigenvalue weighted by molar-refractivity contribution is 6.07. The van der Waals surface area contributed by atoms with Crippen molar-refractivity contribution in [3.05, 3.63) is 23.8 Å². The Morgan fingerprint density at radius 3 is 2.58 bits per heavy atom. The summed E-state index contributed by atoms with van der Waals surface area (Å²) < 4.78 is 26.8. The first kappa shape index (κ1) is 13.3. The minimum absolute atomic E-state index is 0.00861. The summed E-state index contributed by atoms with van der Waals surface area (Å²) in [6, 6.07) is 1.66. The number of imide groups is 1. The quantitative estimate of drug-likeness (QED) is 0.584. The van der Waals surface area contributed by atoms with Gasteiger partial charge in [0.1, 0.15) is 11.4 Å². The van der Waals surface area contributed by atoms with Crippen LogP contribution < -0.4 is 16.0 Å². The van der Waals surface area contributed by atoms with Crippen molar-refractivity contribution in [2.45, 2.75) is 19.4 Å². The highest BCUT2D eigenvalue weighted by atomic mass is 19.1. The van der Waals surface area contributed by atoms with E-state index in [0.717, 1.165) is 6.07 Å². The number of nitrogens with two attached hydrogens (primary N) is 1. The molecule has 5 nitrogen and oxygen atoms in total. The van der Waals surface area contributed by atoms with Crippen LogP contribution in [0.25, 0.3) is 0 Å². The van der Waals surface area contributed by atoms with Crippen LogP contribution in [0, 0.1) is 11.6 Å². The molecule has 1 aliphatic rings. The van der Waals surface area contributed by atoms with Gasteiger partial charge in [-0.1, -0.05) is 0 Å². The Balaban J connectivity index is 2.56. The van der Waals surface area contributed by atoms with Crippen LogP contribution in [0.2, 0.25) is 0 Å². The number of halogens is 2. The van der Waals surface area contributed by atoms with E-state index in [4.69, 9.17) is 5.73 Å². The van der Waals surface area contributed by atoms with E-state index < -0.39 is 29.0 Å². The third-order valence-corrected chi connectivity index (χ3v) is 3.15. The Kier molecular flexibility index (Phi) is 2.92. The Morgan fingerprint density at radius 2 is 1.95 bits per heavy atom. The van der Waals surface area contributed by atoms with Gasteiger partial charge in [0.25, 0.3) is 5.91 Å². The molecule has 1 heterocycles. The number of carbonyl (C=O) groups is 2. The number of rotatable bonds is 1. The van der Waals surface area contributed by atoms with E-state index >= 15 is 0 Å². The second kappa shape index (κ2) is 4.18. The second-order valence-corrected chi connectivity index (χ2v) is 4.84. The fourth-order valence-electron chi connectivity index (χ4n) is 1.96. The van der Waals surface area contributed by atoms with Gasteiger partial charge >= 0.3 is 0 Å². The fourth-order valence-corrected chi connectivity index (χ4v) is 1.96. The van der Waals surface area contributed by atoms with Crippen LogP contribution in [-0.4, -0.2) is 23.9 Å². The monoisotopic (exact) mass is 269 g/mol. The average molecular weight is 269 g/mol. The molecule has 3 N–H and O–H groups in total. The smallest absolute Gasteiger partial charge is 0.251 e. The van der Waals surface area contributed by atoms with Gasteiger partial charge in [-0.3, -0.25) is 14.9 Å². The van der Waals surface area contributed by atoms with Crippen molar-refractivity contribution in [2.75, 3.05) is 17.2 Å². The van der Waals surface area contributed by atoms with Crippen LogP contribution >= 0.6 is 0 Å². The molecule has 0 aliphatic carbocycles. The van der Waals surface area contributed by atoms with Gasteiger partial charge in [0, 0.05) is 6.07 Å². The SMILES string of the molecule is CC1(C)C(=O)NC(=O)CN1c1cc(F)cc(F)c1N. The van der Waals surface area contributed by atoms with Crippen molar-refractivity contribution in [2.24, 2.45) is 0 Å². The van der Waals surface area contributed by atoms with Gasteiger partial charge < -0.3 is 10.6 Å². The van der Waals surface area contributed by atoms with Gasteiger partial charge in [-0.25, -0.2) is 8.78 Å². The molecule has 0 saturated carbocycles. The number of nitrogens with one attached hydrogen (secondary N) is 1. The van der Waals surface area contributed by atoms with Gasteiger partial charge in [-0.15, -0.1) is 0 Å². The summed E-state index contributed by atoms with van der Waals surface area (Å²) >= 11 is 0. The van der Waals surface area contributed by atoms with E-state index in [1.165, 1.54) is 18.7 Å². The van der Waals surface area contributed by atoms with Gasteiger partial charge in [0.05, 0.1) is 17.9 Å². The summed E-state index contributed by atoms with van der Waals surface area (Å²) in [4.78, 5) is 24.5. The predicted octanol–water partition coefficient (Wildman–Crippen LogP) is 0.788. The van der Waals surface area contributed by atoms with Gasteiger partial charge in [-0.05, 0) is 19.9 Å². The maximum absolute atomic E-state index is 13.5. The number of carbonyl (C=O) groups excluding carboxylic acids is 2. The van der Waals surface area contributed by atoms with Crippen molar-refractivity contribution in [1.82, 2.24) is 5.32 Å². The largest absolute Gasteiger partial charge is 0.395 e. The van der Waals surface area contributed by atoms with Gasteiger partial charge in [0.2, 0.25) is 5.91 Å². The number of benzene rings is 1. The van der Waals surface area contributed by atoms with Crippen molar-refractivity contribution in [3.63, 3.8) is 0 Å². The first-order valence-electron chi connectivity index (χ1n) is 5.60. The zero-order chi connectivity index (χ0) is 14.4. The zero-order valence-electron chi connectivity index (χ0n) is 10.5. The molecule has 0 aromatic heterocycles. The molecule has 1 aliphatic heterocycles. The fraction of sp³-hybridized carbons (Fsp3) is 0.333. The third kappa shape index (κ3) is 2.11. The van der Waals surface area contributed by atoms with Crippen molar-refractivity contribution in [3.8, 4) is 0 Å². The summed E-state index contributed by atoms with van der Waals surface area (Å²) in [6.07, 6.45) is 0. The number of piperazine rings is 1. The predicted molar refractivity (Wildman–Crippen MR) is 65.3 cm³/mol. The number of anilines is 2. The van der Waals surface area contributed by atoms with Gasteiger partial charge in [0.15, 0.2) is 5.82 Å². The van der Waals surface area contributed by atoms with Crippen LogP contribution in [0.4, 0.5) is 20.2 Å². The molecule has 1 saturated heterocycles. The number of hydrogen-bond donors (Lipinski definition) is 2. The van der Waals surface area contributed by atoms with Crippen molar-refractivity contribution >= 4 is 23.2 Å². The van der Waals surface area contributed by atoms with Crippen molar-refractivity contribution in [1.29, 1.82) is 0 Å². The minimum Gasteiger partial charge on any atom is -0.395 e. The molecule has 102 valence electrons. The highest BCUT2D eigenvalue weighted by Gasteiger charge is 2.42. The molecule has 0 unspecified atom stereocenters. The van der Waals surface area contributed by atoms with Crippen molar-refractivity contribution < 1.29 is 18.4 Å². The Bertz CT molecular complexity index is 572. The minimum atomic E-state index is -1.14. The summed E-state index contributed by atoms with van der Waals surface area (Å²) in [5.41, 5.74) is 4.13. The highest BCUT2D eigenvalue weighted by Crippen LogP contribution is 2.33. The normalized spacial score (nSPS) is 18.4. The van der Waals surface area contributed by atoms with E-state index in [9.17, 15) is 18.4 Å². The zero-order valence-corrected chi connectivity index (χ0v) is 10.5. The number of nitrogens with zero attached hydrogens (tertiary/aromatic N) is 1. The van der Waals surface area contributed by atoms with Crippen LogP contribution in [0.3, 0.4) is 0 Å². The van der Waals surface area contributed by atoms with Crippen LogP contribution in [0.5, 0.6) is 0 Å². The molecule has 7 heteroatoms. The molecule has 0 atom stereocenters. The molecule has 1 aromatic carbocycles. The van der Waals surface area contributed by atoms with Crippen LogP contribution in [0.1, 0.15) is 13.8 Å². The molecule has 1 aromatic rings. The van der Waals surface area contributed by atoms with Gasteiger partial charge in [-0.2, -0.15) is 0 Å². The summed E-state index contributed by atoms with van der Waals surface area (Å²) in [5, 5.41) is 2.17. The second-order valence-electron chi connectivity index (χ2n) is 4.84. The summed E-state index contributed by atoms with van der Waals surface area (Å²) in [6.45, 7) is 2.87. The lowest BCUT2D eigenvalue weighted by Crippen LogP contribution is -2.64. The van der Waals surface area contributed by atoms with Crippen LogP contribution in [0.15, 0.2) is 12.1 Å².